The van der Waals surface area contributed by atoms with Gasteiger partial charge in [0.05, 0.1) is 4.90 Å². The van der Waals surface area contributed by atoms with E-state index in [0.717, 1.165) is 0 Å². The van der Waals surface area contributed by atoms with Crippen molar-refractivity contribution < 1.29 is 13.7 Å². The summed E-state index contributed by atoms with van der Waals surface area (Å²) in [6.07, 6.45) is -0.851. The van der Waals surface area contributed by atoms with E-state index in [1.54, 1.807) is 51.1 Å². The second-order valence-electron chi connectivity index (χ2n) is 4.62. The van der Waals surface area contributed by atoms with Crippen molar-refractivity contribution >= 4 is 15.8 Å². The van der Waals surface area contributed by atoms with Gasteiger partial charge in [0.2, 0.25) is 0 Å². The maximum Gasteiger partial charge on any atom is 0.442 e. The van der Waals surface area contributed by atoms with E-state index in [1.165, 1.54) is 5.41 Å². The zero-order valence-corrected chi connectivity index (χ0v) is 11.6. The van der Waals surface area contributed by atoms with Crippen LogP contribution >= 0.6 is 0 Å². The van der Waals surface area contributed by atoms with Crippen LogP contribution < -0.4 is 0 Å². The maximum atomic E-state index is 12.5. The first-order valence-corrected chi connectivity index (χ1v) is 7.02. The van der Waals surface area contributed by atoms with Crippen LogP contribution in [0.15, 0.2) is 51.6 Å². The average molecular weight is 267 g/mol. The van der Waals surface area contributed by atoms with Crippen LogP contribution in [-0.4, -0.2) is 15.9 Å². The summed E-state index contributed by atoms with van der Waals surface area (Å²) in [4.78, 5) is 12.0. The van der Waals surface area contributed by atoms with Crippen LogP contribution in [0.2, 0.25) is 0 Å². The first kappa shape index (κ1) is 14.4. The van der Waals surface area contributed by atoms with Crippen molar-refractivity contribution in [2.45, 2.75) is 31.3 Å². The molecule has 0 fully saturated rings. The van der Waals surface area contributed by atoms with Gasteiger partial charge >= 0.3 is 6.09 Å². The number of carbonyl (C=O) groups is 1. The molecule has 0 saturated heterocycles. The highest BCUT2D eigenvalue weighted by Crippen LogP contribution is 2.16. The Morgan fingerprint density at radius 2 is 1.89 bits per heavy atom. The van der Waals surface area contributed by atoms with Gasteiger partial charge in [-0.15, -0.1) is 4.36 Å². The lowest BCUT2D eigenvalue weighted by atomic mass is 10.2. The number of benzene rings is 1. The quantitative estimate of drug-likeness (QED) is 0.822. The molecule has 1 atom stereocenters. The topological polar surface area (TPSA) is 55.7 Å². The fraction of sp³-hybridized carbons (Fsp3) is 0.308. The van der Waals surface area contributed by atoms with Gasteiger partial charge in [-0.05, 0) is 32.9 Å². The van der Waals surface area contributed by atoms with E-state index in [9.17, 15) is 9.00 Å². The summed E-state index contributed by atoms with van der Waals surface area (Å²) in [6, 6.07) is 8.52. The molecule has 0 aliphatic rings. The molecule has 0 aromatic heterocycles. The third-order valence-corrected chi connectivity index (χ3v) is 3.73. The largest absolute Gasteiger partial charge is 0.442 e. The summed E-state index contributed by atoms with van der Waals surface area (Å²) >= 11 is 0. The van der Waals surface area contributed by atoms with Gasteiger partial charge in [-0.3, -0.25) is 0 Å². The number of carbonyl (C=O) groups excluding carboxylic acids is 1. The van der Waals surface area contributed by atoms with E-state index in [2.05, 4.69) is 10.9 Å². The zero-order chi connectivity index (χ0) is 13.8. The highest BCUT2D eigenvalue weighted by atomic mass is 32.2. The molecular weight excluding hydrogens is 250 g/mol. The molecule has 0 bridgehead atoms. The third-order valence-electron chi connectivity index (χ3n) is 1.91. The SMILES string of the molecule is C=CS(=O)(=NC(=O)OC(C)(C)C)c1ccccc1. The van der Waals surface area contributed by atoms with Gasteiger partial charge in [-0.2, -0.15) is 0 Å². The van der Waals surface area contributed by atoms with E-state index < -0.39 is 21.4 Å². The third kappa shape index (κ3) is 4.00. The minimum Gasteiger partial charge on any atom is -0.442 e. The van der Waals surface area contributed by atoms with Crippen LogP contribution in [-0.2, 0) is 14.5 Å². The van der Waals surface area contributed by atoms with Crippen molar-refractivity contribution in [1.29, 1.82) is 0 Å². The van der Waals surface area contributed by atoms with Crippen molar-refractivity contribution in [2.24, 2.45) is 4.36 Å². The minimum absolute atomic E-state index is 0.436. The highest BCUT2D eigenvalue weighted by Gasteiger charge is 2.18. The molecule has 4 nitrogen and oxygen atoms in total. The molecule has 1 unspecified atom stereocenters. The monoisotopic (exact) mass is 267 g/mol. The first-order valence-electron chi connectivity index (χ1n) is 5.44. The summed E-state index contributed by atoms with van der Waals surface area (Å²) in [5, 5.41) is 1.17. The van der Waals surface area contributed by atoms with Crippen LogP contribution in [0.1, 0.15) is 20.8 Å². The molecule has 5 heteroatoms. The van der Waals surface area contributed by atoms with E-state index in [-0.39, 0.29) is 0 Å². The molecule has 1 amide bonds. The van der Waals surface area contributed by atoms with Gasteiger partial charge in [0.25, 0.3) is 0 Å². The average Bonchev–Trinajstić information content (AvgIpc) is 2.27. The molecule has 0 aliphatic carbocycles. The van der Waals surface area contributed by atoms with Crippen molar-refractivity contribution in [3.8, 4) is 0 Å². The molecule has 18 heavy (non-hydrogen) atoms. The molecule has 98 valence electrons. The van der Waals surface area contributed by atoms with E-state index in [0.29, 0.717) is 4.90 Å². The molecule has 0 saturated carbocycles. The Morgan fingerprint density at radius 1 is 1.33 bits per heavy atom. The van der Waals surface area contributed by atoms with Gasteiger partial charge < -0.3 is 4.74 Å². The normalized spacial score (nSPS) is 14.4. The number of hydrogen-bond acceptors (Lipinski definition) is 3. The number of hydrogen-bond donors (Lipinski definition) is 0. The second kappa shape index (κ2) is 5.35. The summed E-state index contributed by atoms with van der Waals surface area (Å²) in [7, 11) is -2.96. The summed E-state index contributed by atoms with van der Waals surface area (Å²) in [6.45, 7) is 8.64. The first-order chi connectivity index (χ1) is 8.27. The van der Waals surface area contributed by atoms with Gasteiger partial charge in [-0.1, -0.05) is 24.8 Å². The molecule has 0 heterocycles. The smallest absolute Gasteiger partial charge is 0.442 e. The lowest BCUT2D eigenvalue weighted by Gasteiger charge is -2.17. The maximum absolute atomic E-state index is 12.5. The predicted molar refractivity (Wildman–Crippen MR) is 71.7 cm³/mol. The van der Waals surface area contributed by atoms with E-state index in [1.807, 2.05) is 0 Å². The van der Waals surface area contributed by atoms with Gasteiger partial charge in [0.1, 0.15) is 15.3 Å². The van der Waals surface area contributed by atoms with Crippen molar-refractivity contribution in [2.75, 3.05) is 0 Å². The van der Waals surface area contributed by atoms with Crippen molar-refractivity contribution in [1.82, 2.24) is 0 Å². The van der Waals surface area contributed by atoms with Gasteiger partial charge in [-0.25, -0.2) is 9.00 Å². The van der Waals surface area contributed by atoms with Crippen LogP contribution in [0.4, 0.5) is 4.79 Å². The minimum atomic E-state index is -2.96. The molecule has 0 N–H and O–H groups in total. The van der Waals surface area contributed by atoms with Crippen molar-refractivity contribution in [3.63, 3.8) is 0 Å². The Bertz CT molecular complexity index is 549. The molecule has 1 aromatic rings. The van der Waals surface area contributed by atoms with Crippen molar-refractivity contribution in [3.05, 3.63) is 42.3 Å². The van der Waals surface area contributed by atoms with E-state index >= 15 is 0 Å². The number of amides is 1. The Balaban J connectivity index is 3.14. The van der Waals surface area contributed by atoms with Gasteiger partial charge in [0, 0.05) is 5.41 Å². The summed E-state index contributed by atoms with van der Waals surface area (Å²) < 4.78 is 21.1. The highest BCUT2D eigenvalue weighted by molar-refractivity contribution is 7.96. The standard InChI is InChI=1S/C13H17NO3S/c1-5-18(16,11-9-7-6-8-10-11)14-12(15)17-13(2,3)4/h5-10H,1H2,2-4H3. The molecular formula is C13H17NO3S. The fourth-order valence-electron chi connectivity index (χ4n) is 1.19. The number of ether oxygens (including phenoxy) is 1. The van der Waals surface area contributed by atoms with Crippen LogP contribution in [0.3, 0.4) is 0 Å². The molecule has 0 aliphatic heterocycles. The number of rotatable bonds is 2. The van der Waals surface area contributed by atoms with Gasteiger partial charge in [0.15, 0.2) is 0 Å². The second-order valence-corrected chi connectivity index (χ2v) is 6.74. The lowest BCUT2D eigenvalue weighted by molar-refractivity contribution is 0.0607. The van der Waals surface area contributed by atoms with Crippen LogP contribution in [0.25, 0.3) is 0 Å². The van der Waals surface area contributed by atoms with Crippen LogP contribution in [0, 0.1) is 0 Å². The molecule has 1 rings (SSSR count). The summed E-state index contributed by atoms with van der Waals surface area (Å²) in [5.41, 5.74) is -0.668. The van der Waals surface area contributed by atoms with E-state index in [4.69, 9.17) is 4.74 Å². The molecule has 0 radical (unpaired) electrons. The molecule has 1 aromatic carbocycles. The van der Waals surface area contributed by atoms with Crippen LogP contribution in [0.5, 0.6) is 0 Å². The predicted octanol–water partition coefficient (Wildman–Crippen LogP) is 3.59. The Morgan fingerprint density at radius 3 is 2.33 bits per heavy atom. The Labute approximate surface area is 108 Å². The zero-order valence-electron chi connectivity index (χ0n) is 10.8. The Hall–Kier alpha value is -1.62. The molecule has 0 spiro atoms. The Kier molecular flexibility index (Phi) is 4.29. The lowest BCUT2D eigenvalue weighted by Crippen LogP contribution is -2.22. The fourth-order valence-corrected chi connectivity index (χ4v) is 2.37. The summed E-state index contributed by atoms with van der Waals surface area (Å²) in [5.74, 6) is 0. The number of nitrogens with zero attached hydrogens (tertiary/aromatic N) is 1.